The molecule has 1 N–H and O–H groups in total. The number of rotatable bonds is 10. The van der Waals surface area contributed by atoms with Gasteiger partial charge in [-0.3, -0.25) is 4.79 Å². The molecule has 0 aromatic rings. The summed E-state index contributed by atoms with van der Waals surface area (Å²) >= 11 is 0. The number of aliphatic hydroxyl groups is 1. The topological polar surface area (TPSA) is 89.9 Å². The van der Waals surface area contributed by atoms with E-state index in [9.17, 15) is 31.5 Å². The van der Waals surface area contributed by atoms with E-state index in [0.717, 1.165) is 32.1 Å². The molecule has 0 aromatic heterocycles. The summed E-state index contributed by atoms with van der Waals surface area (Å²) in [4.78, 5) is 11.5. The Balaban J connectivity index is 1.52. The number of halogens is 3. The molecule has 232 valence electrons. The molecule has 4 rings (SSSR count). The fourth-order valence-electron chi connectivity index (χ4n) is 8.23. The largest absolute Gasteiger partial charge is 0.534 e. The fraction of sp³-hybridized carbons (Fsp3) is 0.774. The minimum absolute atomic E-state index is 0.0235. The Morgan fingerprint density at radius 1 is 1.22 bits per heavy atom. The number of allylic oxidation sites excluding steroid dienone is 4. The van der Waals surface area contributed by atoms with Gasteiger partial charge in [0, 0.05) is 24.2 Å². The number of hydrogen-bond acceptors (Lipinski definition) is 6. The molecular formula is C31H45F3O6S. The molecule has 0 aliphatic heterocycles. The van der Waals surface area contributed by atoms with Gasteiger partial charge in [-0.15, -0.1) is 0 Å². The number of hydrogen-bond donors (Lipinski definition) is 1. The van der Waals surface area contributed by atoms with E-state index < -0.39 is 32.6 Å². The molecular weight excluding hydrogens is 557 g/mol. The first-order chi connectivity index (χ1) is 18.9. The van der Waals surface area contributed by atoms with Gasteiger partial charge in [0.25, 0.3) is 0 Å². The molecule has 4 aliphatic rings. The molecule has 0 amide bonds. The Morgan fingerprint density at radius 3 is 2.49 bits per heavy atom. The van der Waals surface area contributed by atoms with Crippen molar-refractivity contribution < 1.29 is 40.4 Å². The third-order valence-electron chi connectivity index (χ3n) is 10.8. The highest BCUT2D eigenvalue weighted by atomic mass is 32.2. The van der Waals surface area contributed by atoms with Crippen LogP contribution in [0.25, 0.3) is 0 Å². The Kier molecular flexibility index (Phi) is 8.64. The molecule has 41 heavy (non-hydrogen) atoms. The number of aliphatic hydroxyl groups excluding tert-OH is 1. The summed E-state index contributed by atoms with van der Waals surface area (Å²) in [6.07, 6.45) is 13.8. The molecule has 0 aromatic carbocycles. The zero-order chi connectivity index (χ0) is 30.6. The second-order valence-corrected chi connectivity index (χ2v) is 15.1. The van der Waals surface area contributed by atoms with Crippen LogP contribution in [0.15, 0.2) is 35.6 Å². The summed E-state index contributed by atoms with van der Waals surface area (Å²) in [5.74, 6) is 0.0685. The van der Waals surface area contributed by atoms with Crippen molar-refractivity contribution in [1.82, 2.24) is 0 Å². The van der Waals surface area contributed by atoms with Crippen LogP contribution in [0.4, 0.5) is 13.2 Å². The number of fused-ring (bicyclic) bond motifs is 2. The van der Waals surface area contributed by atoms with Gasteiger partial charge in [-0.05, 0) is 94.0 Å². The van der Waals surface area contributed by atoms with Crippen molar-refractivity contribution in [2.45, 2.75) is 97.6 Å². The Morgan fingerprint density at radius 2 is 1.90 bits per heavy atom. The molecule has 0 heterocycles. The Hall–Kier alpha value is -1.81. The van der Waals surface area contributed by atoms with Crippen LogP contribution in [-0.4, -0.2) is 37.2 Å². The van der Waals surface area contributed by atoms with Gasteiger partial charge in [-0.1, -0.05) is 44.6 Å². The first-order valence-corrected chi connectivity index (χ1v) is 16.2. The first-order valence-electron chi connectivity index (χ1n) is 14.8. The van der Waals surface area contributed by atoms with Gasteiger partial charge >= 0.3 is 21.6 Å². The molecule has 0 saturated heterocycles. The smallest absolute Gasteiger partial charge is 0.459 e. The van der Waals surface area contributed by atoms with E-state index in [1.54, 1.807) is 0 Å². The average molecular weight is 603 g/mol. The maximum Gasteiger partial charge on any atom is 0.534 e. The molecule has 0 bridgehead atoms. The Bertz CT molecular complexity index is 1220. The molecule has 4 aliphatic carbocycles. The van der Waals surface area contributed by atoms with Gasteiger partial charge in [0.1, 0.15) is 11.4 Å². The van der Waals surface area contributed by atoms with E-state index in [2.05, 4.69) is 36.3 Å². The number of esters is 1. The predicted octanol–water partition coefficient (Wildman–Crippen LogP) is 7.07. The van der Waals surface area contributed by atoms with E-state index in [4.69, 9.17) is 4.74 Å². The van der Waals surface area contributed by atoms with Gasteiger partial charge in [0.2, 0.25) is 0 Å². The second kappa shape index (κ2) is 11.0. The van der Waals surface area contributed by atoms with Crippen molar-refractivity contribution in [3.8, 4) is 0 Å². The number of carbonyl (C=O) groups excluding carboxylic acids is 1. The normalized spacial score (nSPS) is 35.0. The van der Waals surface area contributed by atoms with Gasteiger partial charge < -0.3 is 14.0 Å². The minimum Gasteiger partial charge on any atom is -0.459 e. The third kappa shape index (κ3) is 5.89. The lowest BCUT2D eigenvalue weighted by Gasteiger charge is -2.44. The van der Waals surface area contributed by atoms with Crippen LogP contribution in [-0.2, 0) is 23.8 Å². The first kappa shape index (κ1) is 32.1. The molecule has 0 spiro atoms. The maximum atomic E-state index is 13.1. The summed E-state index contributed by atoms with van der Waals surface area (Å²) in [6.45, 7) is 11.6. The highest BCUT2D eigenvalue weighted by Gasteiger charge is 2.66. The van der Waals surface area contributed by atoms with Gasteiger partial charge in [-0.2, -0.15) is 21.6 Å². The van der Waals surface area contributed by atoms with Crippen molar-refractivity contribution in [2.24, 2.45) is 46.3 Å². The predicted molar refractivity (Wildman–Crippen MR) is 149 cm³/mol. The van der Waals surface area contributed by atoms with Crippen LogP contribution < -0.4 is 0 Å². The van der Waals surface area contributed by atoms with Crippen LogP contribution in [0.3, 0.4) is 0 Å². The summed E-state index contributed by atoms with van der Waals surface area (Å²) in [7, 11) is -5.77. The summed E-state index contributed by atoms with van der Waals surface area (Å²) < 4.78 is 73.0. The molecule has 0 radical (unpaired) electrons. The van der Waals surface area contributed by atoms with E-state index in [-0.39, 0.29) is 35.6 Å². The van der Waals surface area contributed by atoms with Crippen molar-refractivity contribution in [3.05, 3.63) is 35.6 Å². The quantitative estimate of drug-likeness (QED) is 0.125. The van der Waals surface area contributed by atoms with Crippen molar-refractivity contribution >= 4 is 16.1 Å². The third-order valence-corrected chi connectivity index (χ3v) is 11.8. The van der Waals surface area contributed by atoms with Gasteiger partial charge in [-0.25, -0.2) is 0 Å². The molecule has 3 saturated carbocycles. The summed E-state index contributed by atoms with van der Waals surface area (Å²) in [5.41, 5.74) is -5.74. The lowest BCUT2D eigenvalue weighted by Crippen LogP contribution is -2.36. The van der Waals surface area contributed by atoms with Crippen LogP contribution in [0.2, 0.25) is 0 Å². The molecule has 0 unspecified atom stereocenters. The summed E-state index contributed by atoms with van der Waals surface area (Å²) in [5, 5.41) is 10.4. The lowest BCUT2D eigenvalue weighted by atomic mass is 9.60. The van der Waals surface area contributed by atoms with Gasteiger partial charge in [0.15, 0.2) is 0 Å². The Labute approximate surface area is 242 Å². The zero-order valence-corrected chi connectivity index (χ0v) is 25.8. The second-order valence-electron chi connectivity index (χ2n) is 13.6. The number of ether oxygens (including phenoxy) is 1. The number of alkyl halides is 3. The van der Waals surface area contributed by atoms with E-state index in [1.807, 2.05) is 20.8 Å². The maximum absolute atomic E-state index is 13.1. The molecule has 6 nitrogen and oxygen atoms in total. The van der Waals surface area contributed by atoms with Gasteiger partial charge in [0.05, 0.1) is 6.61 Å². The van der Waals surface area contributed by atoms with E-state index in [1.165, 1.54) is 18.6 Å². The monoisotopic (exact) mass is 602 g/mol. The van der Waals surface area contributed by atoms with Crippen molar-refractivity contribution in [1.29, 1.82) is 0 Å². The SMILES string of the molecule is CC(=O)OC(C)(C)[C@@H](C)/C=C/[C@@H](C)[C@H]1CC[C@H]2/C(=C/[C@@H](CO)[C@]34C[C@H]3CC=C4OS(=O)(=O)C(F)(F)F)CCC[C@]12C. The molecule has 10 heteroatoms. The van der Waals surface area contributed by atoms with Crippen LogP contribution in [0.1, 0.15) is 86.5 Å². The summed E-state index contributed by atoms with van der Waals surface area (Å²) in [6, 6.07) is 0. The fourth-order valence-corrected chi connectivity index (χ4v) is 8.79. The van der Waals surface area contributed by atoms with Crippen LogP contribution in [0, 0.1) is 46.3 Å². The number of carbonyl (C=O) groups is 1. The average Bonchev–Trinajstić information content (AvgIpc) is 3.32. The minimum atomic E-state index is -5.77. The lowest BCUT2D eigenvalue weighted by molar-refractivity contribution is -0.156. The van der Waals surface area contributed by atoms with E-state index >= 15 is 0 Å². The van der Waals surface area contributed by atoms with E-state index in [0.29, 0.717) is 30.6 Å². The van der Waals surface area contributed by atoms with Crippen molar-refractivity contribution in [2.75, 3.05) is 6.61 Å². The van der Waals surface area contributed by atoms with Crippen LogP contribution in [0.5, 0.6) is 0 Å². The zero-order valence-electron chi connectivity index (χ0n) is 25.0. The van der Waals surface area contributed by atoms with Crippen LogP contribution >= 0.6 is 0 Å². The molecule has 3 fully saturated rings. The highest BCUT2D eigenvalue weighted by Crippen LogP contribution is 2.69. The van der Waals surface area contributed by atoms with Crippen molar-refractivity contribution in [3.63, 3.8) is 0 Å². The molecule has 8 atom stereocenters. The standard InChI is InChI=1S/C31H45F3O6S/c1-19(9-10-20(2)28(4,5)39-21(3)36)25-12-13-26-22(8-7-15-29(25,26)6)16-24(18-35)30-17-23(30)11-14-27(30)40-41(37,38)31(32,33)34/h9-10,14,16,19-20,23-26,35H,7-8,11-13,15,17-18H2,1-6H3/b10-9+,22-16+/t19-,20+,23-,24+,25-,26+,29-,30+/m1/s1. The highest BCUT2D eigenvalue weighted by molar-refractivity contribution is 7.87.